The summed E-state index contributed by atoms with van der Waals surface area (Å²) in [6.07, 6.45) is 3.67. The molecule has 6 nitrogen and oxygen atoms in total. The maximum atomic E-state index is 13.8. The van der Waals surface area contributed by atoms with Crippen LogP contribution < -0.4 is 15.8 Å². The largest absolute Gasteiger partial charge is 0.354 e. The number of aromatic amines is 1. The summed E-state index contributed by atoms with van der Waals surface area (Å²) >= 11 is 0. The second kappa shape index (κ2) is 8.30. The third kappa shape index (κ3) is 4.14. The highest BCUT2D eigenvalue weighted by atomic mass is 19.1. The van der Waals surface area contributed by atoms with Crippen molar-refractivity contribution < 1.29 is 4.39 Å². The van der Waals surface area contributed by atoms with Gasteiger partial charge < -0.3 is 20.1 Å². The molecule has 0 bridgehead atoms. The summed E-state index contributed by atoms with van der Waals surface area (Å²) in [5.74, 6) is 1.80. The summed E-state index contributed by atoms with van der Waals surface area (Å²) in [6.45, 7) is 3.23. The predicted octanol–water partition coefficient (Wildman–Crippen LogP) is 4.02. The number of pyridine rings is 2. The molecular formula is C24H28FN5O. The maximum Gasteiger partial charge on any atom is 0.259 e. The lowest BCUT2D eigenvalue weighted by Gasteiger charge is -2.29. The molecule has 4 heterocycles. The van der Waals surface area contributed by atoms with Crippen LogP contribution in [0.2, 0.25) is 0 Å². The standard InChI is InChI=1S/C24H28FN5O/c1-29-11-7-17(8-12-29)16-2-4-20(5-3-16)27-23-22-18(6-10-26-24(22)31)14-21(28-23)30-13-9-19(25)15-30/h2-6,10,14,17,19H,7-9,11-13,15H2,1H3,(H,26,31)(H,27,28). The number of halogens is 1. The van der Waals surface area contributed by atoms with Crippen LogP contribution in [0.15, 0.2) is 47.4 Å². The topological polar surface area (TPSA) is 64.3 Å². The Hall–Kier alpha value is -2.93. The quantitative estimate of drug-likeness (QED) is 0.666. The van der Waals surface area contributed by atoms with E-state index >= 15 is 0 Å². The van der Waals surface area contributed by atoms with Gasteiger partial charge >= 0.3 is 0 Å². The molecule has 3 aromatic rings. The summed E-state index contributed by atoms with van der Waals surface area (Å²) in [6, 6.07) is 12.2. The van der Waals surface area contributed by atoms with Gasteiger partial charge in [0.25, 0.3) is 5.56 Å². The van der Waals surface area contributed by atoms with Crippen LogP contribution in [-0.2, 0) is 0 Å². The van der Waals surface area contributed by atoms with E-state index in [2.05, 4.69) is 46.5 Å². The fourth-order valence-corrected chi connectivity index (χ4v) is 4.70. The Morgan fingerprint density at radius 1 is 1.10 bits per heavy atom. The van der Waals surface area contributed by atoms with Crippen molar-refractivity contribution in [3.8, 4) is 0 Å². The molecule has 2 fully saturated rings. The second-order valence-electron chi connectivity index (χ2n) is 8.76. The van der Waals surface area contributed by atoms with E-state index in [1.807, 2.05) is 17.0 Å². The minimum absolute atomic E-state index is 0.188. The molecule has 1 aromatic carbocycles. The number of benzene rings is 1. The summed E-state index contributed by atoms with van der Waals surface area (Å²) in [5, 5.41) is 4.65. The van der Waals surface area contributed by atoms with Crippen molar-refractivity contribution in [1.29, 1.82) is 0 Å². The molecule has 2 aromatic heterocycles. The van der Waals surface area contributed by atoms with Crippen LogP contribution in [0.4, 0.5) is 21.7 Å². The van der Waals surface area contributed by atoms with E-state index in [1.165, 1.54) is 18.4 Å². The van der Waals surface area contributed by atoms with Crippen LogP contribution in [0, 0.1) is 0 Å². The Kier molecular flexibility index (Phi) is 5.36. The molecule has 2 N–H and O–H groups in total. The Labute approximate surface area is 181 Å². The van der Waals surface area contributed by atoms with Crippen LogP contribution in [0.25, 0.3) is 10.8 Å². The smallest absolute Gasteiger partial charge is 0.259 e. The number of anilines is 3. The molecular weight excluding hydrogens is 393 g/mol. The Morgan fingerprint density at radius 2 is 1.87 bits per heavy atom. The average Bonchev–Trinajstić information content (AvgIpc) is 3.21. The number of aromatic nitrogens is 2. The van der Waals surface area contributed by atoms with Crippen molar-refractivity contribution in [1.82, 2.24) is 14.9 Å². The predicted molar refractivity (Wildman–Crippen MR) is 123 cm³/mol. The number of piperidine rings is 1. The van der Waals surface area contributed by atoms with E-state index in [9.17, 15) is 9.18 Å². The van der Waals surface area contributed by atoms with Gasteiger partial charge in [-0.3, -0.25) is 4.79 Å². The van der Waals surface area contributed by atoms with E-state index < -0.39 is 6.17 Å². The van der Waals surface area contributed by atoms with Gasteiger partial charge in [-0.15, -0.1) is 0 Å². The lowest BCUT2D eigenvalue weighted by atomic mass is 9.89. The number of rotatable bonds is 4. The van der Waals surface area contributed by atoms with Crippen LogP contribution in [0.3, 0.4) is 0 Å². The first-order valence-electron chi connectivity index (χ1n) is 11.0. The molecule has 0 amide bonds. The summed E-state index contributed by atoms with van der Waals surface area (Å²) in [4.78, 5) is 24.3. The Balaban J connectivity index is 1.44. The molecule has 0 radical (unpaired) electrons. The van der Waals surface area contributed by atoms with E-state index in [-0.39, 0.29) is 5.56 Å². The SMILES string of the molecule is CN1CCC(c2ccc(Nc3nc(N4CCC(F)C4)cc4cc[nH]c(=O)c34)cc2)CC1. The van der Waals surface area contributed by atoms with Crippen LogP contribution >= 0.6 is 0 Å². The summed E-state index contributed by atoms with van der Waals surface area (Å²) < 4.78 is 13.8. The lowest BCUT2D eigenvalue weighted by Crippen LogP contribution is -2.29. The number of hydrogen-bond acceptors (Lipinski definition) is 5. The first-order chi connectivity index (χ1) is 15.1. The van der Waals surface area contributed by atoms with E-state index in [4.69, 9.17) is 4.98 Å². The van der Waals surface area contributed by atoms with E-state index in [1.54, 1.807) is 6.20 Å². The highest BCUT2D eigenvalue weighted by Gasteiger charge is 2.24. The molecule has 162 valence electrons. The number of likely N-dealkylation sites (tertiary alicyclic amines) is 1. The zero-order valence-corrected chi connectivity index (χ0v) is 17.8. The minimum atomic E-state index is -0.833. The molecule has 2 aliphatic heterocycles. The van der Waals surface area contributed by atoms with Gasteiger partial charge in [-0.1, -0.05) is 12.1 Å². The molecule has 1 unspecified atom stereocenters. The zero-order chi connectivity index (χ0) is 21.4. The van der Waals surface area contributed by atoms with Gasteiger partial charge in [0.1, 0.15) is 17.8 Å². The van der Waals surface area contributed by atoms with Crippen LogP contribution in [-0.4, -0.2) is 54.3 Å². The van der Waals surface area contributed by atoms with Gasteiger partial charge in [-0.05, 0) is 80.5 Å². The normalized spacial score (nSPS) is 20.5. The average molecular weight is 422 g/mol. The van der Waals surface area contributed by atoms with Gasteiger partial charge in [0.2, 0.25) is 0 Å². The van der Waals surface area contributed by atoms with Crippen molar-refractivity contribution in [2.24, 2.45) is 0 Å². The van der Waals surface area contributed by atoms with E-state index in [0.717, 1.165) is 24.2 Å². The van der Waals surface area contributed by atoms with Gasteiger partial charge in [0, 0.05) is 18.4 Å². The van der Waals surface area contributed by atoms with Crippen LogP contribution in [0.1, 0.15) is 30.7 Å². The summed E-state index contributed by atoms with van der Waals surface area (Å²) in [7, 11) is 2.17. The molecule has 1 atom stereocenters. The number of nitrogens with zero attached hydrogens (tertiary/aromatic N) is 3. The third-order valence-electron chi connectivity index (χ3n) is 6.56. The molecule has 0 spiro atoms. The minimum Gasteiger partial charge on any atom is -0.354 e. The van der Waals surface area contributed by atoms with Gasteiger partial charge in [-0.25, -0.2) is 9.37 Å². The zero-order valence-electron chi connectivity index (χ0n) is 17.8. The Morgan fingerprint density at radius 3 is 2.58 bits per heavy atom. The highest BCUT2D eigenvalue weighted by molar-refractivity contribution is 5.94. The van der Waals surface area contributed by atoms with Crippen LogP contribution in [0.5, 0.6) is 0 Å². The van der Waals surface area contributed by atoms with Gasteiger partial charge in [0.05, 0.1) is 11.9 Å². The lowest BCUT2D eigenvalue weighted by molar-refractivity contribution is 0.255. The van der Waals surface area contributed by atoms with E-state index in [0.29, 0.717) is 42.5 Å². The summed E-state index contributed by atoms with van der Waals surface area (Å²) in [5.41, 5.74) is 2.05. The second-order valence-corrected chi connectivity index (χ2v) is 8.76. The highest BCUT2D eigenvalue weighted by Crippen LogP contribution is 2.31. The molecule has 31 heavy (non-hydrogen) atoms. The van der Waals surface area contributed by atoms with Gasteiger partial charge in [-0.2, -0.15) is 0 Å². The molecule has 0 aliphatic carbocycles. The number of fused-ring (bicyclic) bond motifs is 1. The first-order valence-corrected chi connectivity index (χ1v) is 11.0. The maximum absolute atomic E-state index is 13.8. The van der Waals surface area contributed by atoms with Gasteiger partial charge in [0.15, 0.2) is 0 Å². The molecule has 7 heteroatoms. The van der Waals surface area contributed by atoms with Crippen molar-refractivity contribution >= 4 is 28.1 Å². The van der Waals surface area contributed by atoms with Crippen molar-refractivity contribution in [3.05, 3.63) is 58.5 Å². The van der Waals surface area contributed by atoms with Crippen molar-refractivity contribution in [3.63, 3.8) is 0 Å². The number of nitrogens with one attached hydrogen (secondary N) is 2. The van der Waals surface area contributed by atoms with Crippen molar-refractivity contribution in [2.45, 2.75) is 31.4 Å². The fourth-order valence-electron chi connectivity index (χ4n) is 4.70. The number of H-pyrrole nitrogens is 1. The molecule has 2 aliphatic rings. The van der Waals surface area contributed by atoms with Crippen molar-refractivity contribution in [2.75, 3.05) is 43.4 Å². The number of alkyl halides is 1. The molecule has 0 saturated carbocycles. The Bertz CT molecular complexity index is 1120. The fraction of sp³-hybridized carbons (Fsp3) is 0.417. The molecule has 2 saturated heterocycles. The monoisotopic (exact) mass is 421 g/mol. The third-order valence-corrected chi connectivity index (χ3v) is 6.56. The number of hydrogen-bond donors (Lipinski definition) is 2. The first kappa shape index (κ1) is 20.0. The molecule has 5 rings (SSSR count).